The molecule has 0 bridgehead atoms. The van der Waals surface area contributed by atoms with Gasteiger partial charge in [0.25, 0.3) is 0 Å². The van der Waals surface area contributed by atoms with Gasteiger partial charge in [-0.05, 0) is 12.8 Å². The van der Waals surface area contributed by atoms with E-state index in [1.807, 2.05) is 6.08 Å². The van der Waals surface area contributed by atoms with E-state index in [1.54, 1.807) is 6.08 Å². The van der Waals surface area contributed by atoms with E-state index in [1.165, 1.54) is 0 Å². The van der Waals surface area contributed by atoms with Crippen molar-refractivity contribution in [3.05, 3.63) is 12.2 Å². The number of hydrogen-bond acceptors (Lipinski definition) is 2. The van der Waals surface area contributed by atoms with Crippen molar-refractivity contribution in [1.29, 1.82) is 0 Å². The number of aliphatic hydroxyl groups excluding tert-OH is 1. The standard InChI is InChI=1S/C6H8O2.CH4O/c7-6(8)5-3-1-2-4-5;1-2/h1,3,5H,2,4H2,(H,7,8);2H,1H3. The predicted molar refractivity (Wildman–Crippen MR) is 37.6 cm³/mol. The molecular formula is C7H12O3. The highest BCUT2D eigenvalue weighted by molar-refractivity contribution is 5.72. The van der Waals surface area contributed by atoms with Crippen molar-refractivity contribution in [2.75, 3.05) is 7.11 Å². The molecule has 0 aliphatic heterocycles. The second-order valence-corrected chi connectivity index (χ2v) is 1.95. The SMILES string of the molecule is CO.O=C(O)C1C=CCC1. The van der Waals surface area contributed by atoms with E-state index in [2.05, 4.69) is 0 Å². The summed E-state index contributed by atoms with van der Waals surface area (Å²) in [5.74, 6) is -0.895. The van der Waals surface area contributed by atoms with Gasteiger partial charge in [0, 0.05) is 7.11 Å². The van der Waals surface area contributed by atoms with E-state index >= 15 is 0 Å². The number of rotatable bonds is 1. The minimum absolute atomic E-state index is 0.199. The van der Waals surface area contributed by atoms with Crippen molar-refractivity contribution in [2.24, 2.45) is 5.92 Å². The molecule has 0 fully saturated rings. The summed E-state index contributed by atoms with van der Waals surface area (Å²) in [5.41, 5.74) is 0. The van der Waals surface area contributed by atoms with Crippen LogP contribution in [0.25, 0.3) is 0 Å². The second kappa shape index (κ2) is 4.99. The Hall–Kier alpha value is -0.830. The first-order valence-electron chi connectivity index (χ1n) is 3.15. The van der Waals surface area contributed by atoms with Crippen molar-refractivity contribution < 1.29 is 15.0 Å². The third kappa shape index (κ3) is 2.64. The lowest BCUT2D eigenvalue weighted by molar-refractivity contribution is -0.140. The predicted octanol–water partition coefficient (Wildman–Crippen LogP) is 0.646. The molecule has 0 heterocycles. The highest BCUT2D eigenvalue weighted by Gasteiger charge is 2.15. The Balaban J connectivity index is 0.000000371. The molecule has 2 N–H and O–H groups in total. The monoisotopic (exact) mass is 144 g/mol. The molecule has 0 saturated heterocycles. The fourth-order valence-corrected chi connectivity index (χ4v) is 0.838. The van der Waals surface area contributed by atoms with Gasteiger partial charge in [0.15, 0.2) is 0 Å². The summed E-state index contributed by atoms with van der Waals surface area (Å²) in [6.45, 7) is 0. The van der Waals surface area contributed by atoms with Crippen molar-refractivity contribution >= 4 is 5.97 Å². The lowest BCUT2D eigenvalue weighted by Gasteiger charge is -1.95. The number of hydrogen-bond donors (Lipinski definition) is 2. The number of carboxylic acid groups (broad SMARTS) is 1. The van der Waals surface area contributed by atoms with E-state index in [-0.39, 0.29) is 5.92 Å². The van der Waals surface area contributed by atoms with Gasteiger partial charge in [-0.2, -0.15) is 0 Å². The lowest BCUT2D eigenvalue weighted by atomic mass is 10.1. The molecule has 1 aliphatic rings. The average molecular weight is 144 g/mol. The van der Waals surface area contributed by atoms with Crippen LogP contribution in [0.4, 0.5) is 0 Å². The third-order valence-corrected chi connectivity index (χ3v) is 1.33. The van der Waals surface area contributed by atoms with E-state index in [0.717, 1.165) is 20.0 Å². The van der Waals surface area contributed by atoms with E-state index in [0.29, 0.717) is 0 Å². The van der Waals surface area contributed by atoms with Crippen LogP contribution in [0.3, 0.4) is 0 Å². The van der Waals surface area contributed by atoms with Crippen molar-refractivity contribution in [2.45, 2.75) is 12.8 Å². The number of carbonyl (C=O) groups is 1. The Morgan fingerprint density at radius 2 is 2.20 bits per heavy atom. The highest BCUT2D eigenvalue weighted by Crippen LogP contribution is 2.15. The summed E-state index contributed by atoms with van der Waals surface area (Å²) >= 11 is 0. The maximum atomic E-state index is 10.2. The molecular weight excluding hydrogens is 132 g/mol. The van der Waals surface area contributed by atoms with Gasteiger partial charge in [0.2, 0.25) is 0 Å². The Kier molecular flexibility index (Phi) is 4.58. The number of aliphatic carboxylic acids is 1. The van der Waals surface area contributed by atoms with Crippen LogP contribution >= 0.6 is 0 Å². The van der Waals surface area contributed by atoms with E-state index < -0.39 is 5.97 Å². The largest absolute Gasteiger partial charge is 0.481 e. The Labute approximate surface area is 60.0 Å². The van der Waals surface area contributed by atoms with E-state index in [4.69, 9.17) is 10.2 Å². The van der Waals surface area contributed by atoms with Crippen LogP contribution in [0.5, 0.6) is 0 Å². The quantitative estimate of drug-likeness (QED) is 0.531. The summed E-state index contributed by atoms with van der Waals surface area (Å²) in [6.07, 6.45) is 5.38. The van der Waals surface area contributed by atoms with Gasteiger partial charge < -0.3 is 10.2 Å². The number of allylic oxidation sites excluding steroid dienone is 1. The molecule has 0 aromatic rings. The van der Waals surface area contributed by atoms with Crippen molar-refractivity contribution in [3.8, 4) is 0 Å². The molecule has 10 heavy (non-hydrogen) atoms. The molecule has 1 unspecified atom stereocenters. The second-order valence-electron chi connectivity index (χ2n) is 1.95. The van der Waals surface area contributed by atoms with Crippen LogP contribution in [0.15, 0.2) is 12.2 Å². The summed E-state index contributed by atoms with van der Waals surface area (Å²) in [7, 11) is 1.00. The first-order valence-corrected chi connectivity index (χ1v) is 3.15. The summed E-state index contributed by atoms with van der Waals surface area (Å²) < 4.78 is 0. The Morgan fingerprint density at radius 3 is 2.40 bits per heavy atom. The van der Waals surface area contributed by atoms with Crippen molar-refractivity contribution in [1.82, 2.24) is 0 Å². The molecule has 0 saturated carbocycles. The van der Waals surface area contributed by atoms with Crippen LogP contribution in [-0.4, -0.2) is 23.3 Å². The molecule has 0 amide bonds. The van der Waals surface area contributed by atoms with Gasteiger partial charge >= 0.3 is 5.97 Å². The molecule has 0 radical (unpaired) electrons. The molecule has 0 aromatic heterocycles. The van der Waals surface area contributed by atoms with Gasteiger partial charge in [-0.3, -0.25) is 4.79 Å². The van der Waals surface area contributed by atoms with Crippen LogP contribution in [0, 0.1) is 5.92 Å². The molecule has 1 atom stereocenters. The van der Waals surface area contributed by atoms with Gasteiger partial charge in [0.1, 0.15) is 0 Å². The molecule has 0 spiro atoms. The summed E-state index contributed by atoms with van der Waals surface area (Å²) in [5, 5.41) is 15.4. The average Bonchev–Trinajstić information content (AvgIpc) is 2.42. The van der Waals surface area contributed by atoms with Gasteiger partial charge in [-0.25, -0.2) is 0 Å². The molecule has 1 aliphatic carbocycles. The molecule has 3 nitrogen and oxygen atoms in total. The van der Waals surface area contributed by atoms with Crippen LogP contribution in [-0.2, 0) is 4.79 Å². The van der Waals surface area contributed by atoms with Gasteiger partial charge in [-0.1, -0.05) is 12.2 Å². The molecule has 58 valence electrons. The number of aliphatic hydroxyl groups is 1. The normalized spacial score (nSPS) is 21.6. The fraction of sp³-hybridized carbons (Fsp3) is 0.571. The summed E-state index contributed by atoms with van der Waals surface area (Å²) in [6, 6.07) is 0. The fourth-order valence-electron chi connectivity index (χ4n) is 0.838. The zero-order valence-electron chi connectivity index (χ0n) is 5.95. The first-order chi connectivity index (χ1) is 4.80. The topological polar surface area (TPSA) is 57.5 Å². The lowest BCUT2D eigenvalue weighted by Crippen LogP contribution is -2.06. The maximum Gasteiger partial charge on any atom is 0.310 e. The van der Waals surface area contributed by atoms with Crippen LogP contribution in [0.1, 0.15) is 12.8 Å². The third-order valence-electron chi connectivity index (χ3n) is 1.33. The smallest absolute Gasteiger partial charge is 0.310 e. The first kappa shape index (κ1) is 9.17. The molecule has 3 heteroatoms. The Bertz CT molecular complexity index is 129. The zero-order valence-corrected chi connectivity index (χ0v) is 5.95. The maximum absolute atomic E-state index is 10.2. The molecule has 1 rings (SSSR count). The van der Waals surface area contributed by atoms with E-state index in [9.17, 15) is 4.79 Å². The Morgan fingerprint density at radius 1 is 1.60 bits per heavy atom. The molecule has 0 aromatic carbocycles. The minimum Gasteiger partial charge on any atom is -0.481 e. The van der Waals surface area contributed by atoms with Crippen molar-refractivity contribution in [3.63, 3.8) is 0 Å². The summed E-state index contributed by atoms with van der Waals surface area (Å²) in [4.78, 5) is 10.2. The number of carboxylic acids is 1. The van der Waals surface area contributed by atoms with Crippen LogP contribution in [0.2, 0.25) is 0 Å². The van der Waals surface area contributed by atoms with Gasteiger partial charge in [-0.15, -0.1) is 0 Å². The van der Waals surface area contributed by atoms with Gasteiger partial charge in [0.05, 0.1) is 5.92 Å². The highest BCUT2D eigenvalue weighted by atomic mass is 16.4. The van der Waals surface area contributed by atoms with Crippen LogP contribution < -0.4 is 0 Å². The zero-order chi connectivity index (χ0) is 7.98. The minimum atomic E-state index is -0.696.